The fraction of sp³-hybridized carbons (Fsp3) is 0.538. The van der Waals surface area contributed by atoms with Gasteiger partial charge in [-0.25, -0.2) is 0 Å². The summed E-state index contributed by atoms with van der Waals surface area (Å²) in [5.74, 6) is 5.61. The molecule has 0 aliphatic carbocycles. The molecule has 0 saturated heterocycles. The number of nitrogens with one attached hydrogen (secondary N) is 1. The van der Waals surface area contributed by atoms with E-state index in [4.69, 9.17) is 15.3 Å². The van der Waals surface area contributed by atoms with E-state index in [-0.39, 0.29) is 6.04 Å². The Morgan fingerprint density at radius 3 is 3.00 bits per heavy atom. The van der Waals surface area contributed by atoms with Gasteiger partial charge in [-0.1, -0.05) is 18.2 Å². The molecule has 0 amide bonds. The number of benzene rings is 1. The highest BCUT2D eigenvalue weighted by molar-refractivity contribution is 5.34. The van der Waals surface area contributed by atoms with E-state index in [2.05, 4.69) is 23.6 Å². The Balaban J connectivity index is 2.03. The molecule has 3 N–H and O–H groups in total. The molecule has 1 unspecified atom stereocenters. The zero-order valence-corrected chi connectivity index (χ0v) is 10.2. The maximum Gasteiger partial charge on any atom is 0.0725 e. The van der Waals surface area contributed by atoms with E-state index < -0.39 is 0 Å². The van der Waals surface area contributed by atoms with Crippen molar-refractivity contribution in [1.82, 2.24) is 5.43 Å². The smallest absolute Gasteiger partial charge is 0.0725 e. The molecule has 1 aromatic carbocycles. The van der Waals surface area contributed by atoms with Crippen LogP contribution in [0.4, 0.5) is 0 Å². The lowest BCUT2D eigenvalue weighted by atomic mass is 9.98. The first-order valence-electron chi connectivity index (χ1n) is 5.99. The molecule has 1 aliphatic heterocycles. The normalized spacial score (nSPS) is 15.9. The number of hydrazine groups is 1. The van der Waals surface area contributed by atoms with E-state index in [1.165, 1.54) is 16.7 Å². The third-order valence-corrected chi connectivity index (χ3v) is 3.19. The third kappa shape index (κ3) is 3.04. The van der Waals surface area contributed by atoms with E-state index in [9.17, 15) is 0 Å². The van der Waals surface area contributed by atoms with Gasteiger partial charge in [-0.15, -0.1) is 0 Å². The summed E-state index contributed by atoms with van der Waals surface area (Å²) in [6, 6.07) is 6.65. The molecule has 17 heavy (non-hydrogen) atoms. The minimum atomic E-state index is 0.191. The monoisotopic (exact) mass is 236 g/mol. The fourth-order valence-corrected chi connectivity index (χ4v) is 2.19. The van der Waals surface area contributed by atoms with Crippen LogP contribution in [-0.2, 0) is 22.7 Å². The van der Waals surface area contributed by atoms with Gasteiger partial charge >= 0.3 is 0 Å². The maximum atomic E-state index is 5.61. The largest absolute Gasteiger partial charge is 0.385 e. The Bertz CT molecular complexity index is 368. The molecule has 2 rings (SSSR count). The summed E-state index contributed by atoms with van der Waals surface area (Å²) < 4.78 is 10.5. The van der Waals surface area contributed by atoms with E-state index in [1.54, 1.807) is 7.11 Å². The summed E-state index contributed by atoms with van der Waals surface area (Å²) in [5.41, 5.74) is 6.68. The first kappa shape index (κ1) is 12.5. The van der Waals surface area contributed by atoms with Gasteiger partial charge in [0.25, 0.3) is 0 Å². The van der Waals surface area contributed by atoms with Gasteiger partial charge in [0.2, 0.25) is 0 Å². The first-order valence-corrected chi connectivity index (χ1v) is 5.99. The van der Waals surface area contributed by atoms with Crippen molar-refractivity contribution in [2.75, 3.05) is 13.7 Å². The summed E-state index contributed by atoms with van der Waals surface area (Å²) in [7, 11) is 1.72. The average Bonchev–Trinajstić information content (AvgIpc) is 2.82. The number of ether oxygens (including phenoxy) is 2. The van der Waals surface area contributed by atoms with Gasteiger partial charge in [-0.05, 0) is 29.5 Å². The third-order valence-electron chi connectivity index (χ3n) is 3.19. The quantitative estimate of drug-likeness (QED) is 0.448. The van der Waals surface area contributed by atoms with Crippen molar-refractivity contribution in [2.45, 2.75) is 32.1 Å². The molecule has 0 spiro atoms. The molecule has 1 atom stereocenters. The Morgan fingerprint density at radius 2 is 2.24 bits per heavy atom. The van der Waals surface area contributed by atoms with Gasteiger partial charge in [0.05, 0.1) is 13.2 Å². The molecule has 0 fully saturated rings. The number of hydrogen-bond acceptors (Lipinski definition) is 4. The van der Waals surface area contributed by atoms with E-state index in [0.717, 1.165) is 32.7 Å². The highest BCUT2D eigenvalue weighted by atomic mass is 16.5. The van der Waals surface area contributed by atoms with Crippen LogP contribution in [0.25, 0.3) is 0 Å². The second kappa shape index (κ2) is 6.12. The number of fused-ring (bicyclic) bond motifs is 1. The zero-order valence-electron chi connectivity index (χ0n) is 10.2. The van der Waals surface area contributed by atoms with Crippen LogP contribution >= 0.6 is 0 Å². The Morgan fingerprint density at radius 1 is 1.41 bits per heavy atom. The SMILES string of the molecule is COCCCC(NN)c1ccc2c(c1)COC2. The van der Waals surface area contributed by atoms with Crippen LogP contribution in [-0.4, -0.2) is 13.7 Å². The van der Waals surface area contributed by atoms with Crippen molar-refractivity contribution >= 4 is 0 Å². The van der Waals surface area contributed by atoms with Crippen LogP contribution in [0.1, 0.15) is 35.6 Å². The molecule has 0 saturated carbocycles. The summed E-state index contributed by atoms with van der Waals surface area (Å²) >= 11 is 0. The molecule has 1 aliphatic rings. The molecule has 0 aromatic heterocycles. The summed E-state index contributed by atoms with van der Waals surface area (Å²) in [4.78, 5) is 0. The first-order chi connectivity index (χ1) is 8.35. The molecular formula is C13H20N2O2. The fourth-order valence-electron chi connectivity index (χ4n) is 2.19. The minimum absolute atomic E-state index is 0.191. The molecular weight excluding hydrogens is 216 g/mol. The lowest BCUT2D eigenvalue weighted by molar-refractivity contribution is 0.134. The van der Waals surface area contributed by atoms with Crippen molar-refractivity contribution in [1.29, 1.82) is 0 Å². The lowest BCUT2D eigenvalue weighted by Gasteiger charge is -2.17. The van der Waals surface area contributed by atoms with Crippen molar-refractivity contribution in [2.24, 2.45) is 5.84 Å². The summed E-state index contributed by atoms with van der Waals surface area (Å²) in [5, 5.41) is 0. The van der Waals surface area contributed by atoms with Crippen LogP contribution < -0.4 is 11.3 Å². The highest BCUT2D eigenvalue weighted by Gasteiger charge is 2.15. The van der Waals surface area contributed by atoms with Gasteiger partial charge in [-0.3, -0.25) is 11.3 Å². The van der Waals surface area contributed by atoms with Gasteiger partial charge in [0, 0.05) is 19.8 Å². The van der Waals surface area contributed by atoms with Crippen molar-refractivity contribution in [3.05, 3.63) is 34.9 Å². The Labute approximate surface area is 102 Å². The van der Waals surface area contributed by atoms with Crippen LogP contribution in [0, 0.1) is 0 Å². The number of hydrogen-bond donors (Lipinski definition) is 2. The van der Waals surface area contributed by atoms with Gasteiger partial charge < -0.3 is 9.47 Å². The van der Waals surface area contributed by atoms with Gasteiger partial charge in [0.15, 0.2) is 0 Å². The van der Waals surface area contributed by atoms with E-state index >= 15 is 0 Å². The molecule has 94 valence electrons. The predicted molar refractivity (Wildman–Crippen MR) is 66.1 cm³/mol. The maximum absolute atomic E-state index is 5.61. The zero-order chi connectivity index (χ0) is 12.1. The Kier molecular flexibility index (Phi) is 4.50. The van der Waals surface area contributed by atoms with Crippen LogP contribution in [0.2, 0.25) is 0 Å². The van der Waals surface area contributed by atoms with Crippen LogP contribution in [0.3, 0.4) is 0 Å². The molecule has 1 heterocycles. The summed E-state index contributed by atoms with van der Waals surface area (Å²) in [6.07, 6.45) is 1.98. The molecule has 0 radical (unpaired) electrons. The lowest BCUT2D eigenvalue weighted by Crippen LogP contribution is -2.28. The van der Waals surface area contributed by atoms with Gasteiger partial charge in [-0.2, -0.15) is 0 Å². The molecule has 4 heteroatoms. The van der Waals surface area contributed by atoms with Crippen molar-refractivity contribution in [3.63, 3.8) is 0 Å². The number of rotatable bonds is 6. The number of nitrogens with two attached hydrogens (primary N) is 1. The molecule has 4 nitrogen and oxygen atoms in total. The van der Waals surface area contributed by atoms with Crippen LogP contribution in [0.15, 0.2) is 18.2 Å². The summed E-state index contributed by atoms with van der Waals surface area (Å²) in [6.45, 7) is 2.23. The minimum Gasteiger partial charge on any atom is -0.385 e. The second-order valence-corrected chi connectivity index (χ2v) is 4.38. The second-order valence-electron chi connectivity index (χ2n) is 4.38. The standard InChI is InChI=1S/C13H20N2O2/c1-16-6-2-3-13(15-14)10-4-5-11-8-17-9-12(11)7-10/h4-5,7,13,15H,2-3,6,8-9,14H2,1H3. The Hall–Kier alpha value is -0.940. The molecule has 0 bridgehead atoms. The van der Waals surface area contributed by atoms with E-state index in [1.807, 2.05) is 0 Å². The average molecular weight is 236 g/mol. The van der Waals surface area contributed by atoms with E-state index in [0.29, 0.717) is 0 Å². The van der Waals surface area contributed by atoms with Crippen molar-refractivity contribution in [3.8, 4) is 0 Å². The van der Waals surface area contributed by atoms with Crippen LogP contribution in [0.5, 0.6) is 0 Å². The predicted octanol–water partition coefficient (Wildman–Crippen LogP) is 1.65. The number of methoxy groups -OCH3 is 1. The highest BCUT2D eigenvalue weighted by Crippen LogP contribution is 2.25. The molecule has 1 aromatic rings. The topological polar surface area (TPSA) is 56.5 Å². The van der Waals surface area contributed by atoms with Gasteiger partial charge in [0.1, 0.15) is 0 Å². The van der Waals surface area contributed by atoms with Crippen molar-refractivity contribution < 1.29 is 9.47 Å².